The van der Waals surface area contributed by atoms with Crippen LogP contribution >= 0.6 is 0 Å². The molecule has 9 nitrogen and oxygen atoms in total. The fourth-order valence-corrected chi connectivity index (χ4v) is 4.20. The Morgan fingerprint density at radius 1 is 1.03 bits per heavy atom. The molecular weight excluding hydrogens is 487 g/mol. The number of para-hydroxylation sites is 1. The monoisotopic (exact) mass is 514 g/mol. The molecule has 1 aliphatic carbocycles. The molecule has 2 aromatic heterocycles. The zero-order valence-corrected chi connectivity index (χ0v) is 20.8. The highest BCUT2D eigenvalue weighted by atomic mass is 19.1. The SMILES string of the molecule is CC1(C(=O)NC2CC2)COC(c2nc(-c3ccc(F)cc3)c(-c3ccnc(Nc4ccccc4)n3)[nH]2)OC1. The van der Waals surface area contributed by atoms with Crippen LogP contribution in [0.2, 0.25) is 0 Å². The molecule has 0 unspecified atom stereocenters. The molecule has 3 N–H and O–H groups in total. The predicted octanol–water partition coefficient (Wildman–Crippen LogP) is 4.75. The lowest BCUT2D eigenvalue weighted by Gasteiger charge is -2.35. The molecule has 38 heavy (non-hydrogen) atoms. The lowest BCUT2D eigenvalue weighted by atomic mass is 9.91. The normalized spacial score (nSPS) is 21.2. The Balaban J connectivity index is 1.29. The first-order valence-electron chi connectivity index (χ1n) is 12.5. The summed E-state index contributed by atoms with van der Waals surface area (Å²) in [6.07, 6.45) is 2.88. The standard InChI is InChI=1S/C28H27FN6O3/c1-28(26(36)31-20-11-12-20)15-37-25(38-16-28)24-34-22(17-7-9-18(29)10-8-17)23(35-24)21-13-14-30-27(33-21)32-19-5-3-2-4-6-19/h2-10,13-14,20,25H,11-12,15-16H2,1H3,(H,31,36)(H,34,35)(H,30,32,33). The summed E-state index contributed by atoms with van der Waals surface area (Å²) < 4.78 is 25.6. The van der Waals surface area contributed by atoms with Crippen LogP contribution in [0.1, 0.15) is 31.9 Å². The van der Waals surface area contributed by atoms with E-state index in [0.717, 1.165) is 18.5 Å². The van der Waals surface area contributed by atoms with Crippen molar-refractivity contribution < 1.29 is 18.7 Å². The van der Waals surface area contributed by atoms with Crippen LogP contribution in [0.25, 0.3) is 22.6 Å². The largest absolute Gasteiger partial charge is 0.353 e. The number of ether oxygens (including phenoxy) is 2. The van der Waals surface area contributed by atoms with Gasteiger partial charge in [-0.1, -0.05) is 18.2 Å². The molecule has 2 aliphatic rings. The molecule has 0 bridgehead atoms. The first-order chi connectivity index (χ1) is 18.5. The summed E-state index contributed by atoms with van der Waals surface area (Å²) in [6.45, 7) is 2.22. The second-order valence-corrected chi connectivity index (χ2v) is 9.87. The molecular formula is C28H27FN6O3. The Bertz CT molecular complexity index is 1430. The van der Waals surface area contributed by atoms with Gasteiger partial charge in [-0.05, 0) is 62.2 Å². The Morgan fingerprint density at radius 2 is 1.76 bits per heavy atom. The van der Waals surface area contributed by atoms with Crippen molar-refractivity contribution in [3.63, 3.8) is 0 Å². The topological polar surface area (TPSA) is 114 Å². The third-order valence-electron chi connectivity index (χ3n) is 6.57. The number of anilines is 2. The second kappa shape index (κ2) is 9.96. The number of imidazole rings is 1. The highest BCUT2D eigenvalue weighted by Crippen LogP contribution is 2.36. The van der Waals surface area contributed by atoms with Crippen LogP contribution < -0.4 is 10.6 Å². The highest BCUT2D eigenvalue weighted by molar-refractivity contribution is 5.83. The molecule has 0 spiro atoms. The molecule has 194 valence electrons. The van der Waals surface area contributed by atoms with Gasteiger partial charge in [-0.3, -0.25) is 4.79 Å². The van der Waals surface area contributed by atoms with Crippen LogP contribution in [-0.2, 0) is 14.3 Å². The van der Waals surface area contributed by atoms with Crippen LogP contribution in [0.5, 0.6) is 0 Å². The summed E-state index contributed by atoms with van der Waals surface area (Å²) in [4.78, 5) is 29.8. The van der Waals surface area contributed by atoms with Crippen LogP contribution in [0.15, 0.2) is 66.9 Å². The van der Waals surface area contributed by atoms with E-state index in [1.807, 2.05) is 37.3 Å². The first-order valence-corrected chi connectivity index (χ1v) is 12.5. The van der Waals surface area contributed by atoms with Crippen LogP contribution in [0, 0.1) is 11.2 Å². The molecule has 1 saturated carbocycles. The number of benzene rings is 2. The second-order valence-electron chi connectivity index (χ2n) is 9.87. The molecule has 4 aromatic rings. The first kappa shape index (κ1) is 24.2. The van der Waals surface area contributed by atoms with E-state index in [0.29, 0.717) is 34.4 Å². The highest BCUT2D eigenvalue weighted by Gasteiger charge is 2.42. The lowest BCUT2D eigenvalue weighted by molar-refractivity contribution is -0.231. The van der Waals surface area contributed by atoms with Gasteiger partial charge in [-0.25, -0.2) is 19.3 Å². The van der Waals surface area contributed by atoms with Gasteiger partial charge in [0, 0.05) is 23.5 Å². The van der Waals surface area contributed by atoms with Crippen molar-refractivity contribution in [1.82, 2.24) is 25.3 Å². The summed E-state index contributed by atoms with van der Waals surface area (Å²) in [5.41, 5.74) is 2.53. The van der Waals surface area contributed by atoms with Crippen molar-refractivity contribution in [2.45, 2.75) is 32.1 Å². The number of rotatable bonds is 7. The third-order valence-corrected chi connectivity index (χ3v) is 6.57. The fraction of sp³-hybridized carbons (Fsp3) is 0.286. The number of carbonyl (C=O) groups excluding carboxylic acids is 1. The van der Waals surface area contributed by atoms with Crippen LogP contribution in [0.4, 0.5) is 16.0 Å². The Kier molecular flexibility index (Phi) is 6.34. The third kappa shape index (κ3) is 5.13. The van der Waals surface area contributed by atoms with Gasteiger partial charge in [0.15, 0.2) is 5.82 Å². The van der Waals surface area contributed by atoms with Gasteiger partial charge in [0.25, 0.3) is 0 Å². The minimum absolute atomic E-state index is 0.0648. The average molecular weight is 515 g/mol. The molecule has 6 rings (SSSR count). The number of hydrogen-bond acceptors (Lipinski definition) is 7. The van der Waals surface area contributed by atoms with Gasteiger partial charge in [-0.15, -0.1) is 0 Å². The lowest BCUT2D eigenvalue weighted by Crippen LogP contribution is -2.49. The smallest absolute Gasteiger partial charge is 0.230 e. The number of aromatic amines is 1. The minimum atomic E-state index is -0.798. The van der Waals surface area contributed by atoms with E-state index < -0.39 is 11.7 Å². The molecule has 1 amide bonds. The molecule has 2 aromatic carbocycles. The number of nitrogens with zero attached hydrogens (tertiary/aromatic N) is 3. The van der Waals surface area contributed by atoms with Crippen molar-refractivity contribution in [2.75, 3.05) is 18.5 Å². The zero-order valence-electron chi connectivity index (χ0n) is 20.8. The number of halogens is 1. The summed E-state index contributed by atoms with van der Waals surface area (Å²) >= 11 is 0. The summed E-state index contributed by atoms with van der Waals surface area (Å²) in [5, 5.41) is 6.22. The van der Waals surface area contributed by atoms with Crippen molar-refractivity contribution >= 4 is 17.5 Å². The van der Waals surface area contributed by atoms with Crippen molar-refractivity contribution in [3.05, 3.63) is 78.5 Å². The number of hydrogen-bond donors (Lipinski definition) is 3. The Labute approximate surface area is 218 Å². The molecule has 3 heterocycles. The van der Waals surface area contributed by atoms with Gasteiger partial charge in [0.05, 0.1) is 35.7 Å². The summed E-state index contributed by atoms with van der Waals surface area (Å²) in [7, 11) is 0. The number of aromatic nitrogens is 4. The van der Waals surface area contributed by atoms with Crippen LogP contribution in [-0.4, -0.2) is 45.1 Å². The Morgan fingerprint density at radius 3 is 2.47 bits per heavy atom. The number of nitrogens with one attached hydrogen (secondary N) is 3. The van der Waals surface area contributed by atoms with E-state index in [-0.39, 0.29) is 31.0 Å². The van der Waals surface area contributed by atoms with E-state index in [9.17, 15) is 9.18 Å². The van der Waals surface area contributed by atoms with E-state index in [1.54, 1.807) is 24.4 Å². The Hall–Kier alpha value is -4.15. The van der Waals surface area contributed by atoms with Gasteiger partial charge < -0.3 is 25.1 Å². The summed E-state index contributed by atoms with van der Waals surface area (Å²) in [6, 6.07) is 17.7. The van der Waals surface area contributed by atoms with Crippen molar-refractivity contribution in [2.24, 2.45) is 5.41 Å². The quantitative estimate of drug-likeness (QED) is 0.326. The van der Waals surface area contributed by atoms with Gasteiger partial charge >= 0.3 is 0 Å². The zero-order chi connectivity index (χ0) is 26.1. The van der Waals surface area contributed by atoms with Crippen molar-refractivity contribution in [3.8, 4) is 22.6 Å². The van der Waals surface area contributed by atoms with Crippen molar-refractivity contribution in [1.29, 1.82) is 0 Å². The number of amides is 1. The molecule has 2 fully saturated rings. The van der Waals surface area contributed by atoms with Gasteiger partial charge in [0.1, 0.15) is 5.82 Å². The van der Waals surface area contributed by atoms with E-state index >= 15 is 0 Å². The van der Waals surface area contributed by atoms with Gasteiger partial charge in [-0.2, -0.15) is 0 Å². The minimum Gasteiger partial charge on any atom is -0.353 e. The maximum Gasteiger partial charge on any atom is 0.230 e. The maximum atomic E-state index is 13.7. The average Bonchev–Trinajstić information content (AvgIpc) is 3.64. The fourth-order valence-electron chi connectivity index (χ4n) is 4.20. The number of carbonyl (C=O) groups is 1. The molecule has 0 atom stereocenters. The predicted molar refractivity (Wildman–Crippen MR) is 139 cm³/mol. The molecule has 10 heteroatoms. The molecule has 0 radical (unpaired) electrons. The molecule has 1 aliphatic heterocycles. The number of H-pyrrole nitrogens is 1. The van der Waals surface area contributed by atoms with Gasteiger partial charge in [0.2, 0.25) is 18.1 Å². The van der Waals surface area contributed by atoms with E-state index in [1.165, 1.54) is 12.1 Å². The van der Waals surface area contributed by atoms with E-state index in [4.69, 9.17) is 14.5 Å². The van der Waals surface area contributed by atoms with E-state index in [2.05, 4.69) is 25.6 Å². The maximum absolute atomic E-state index is 13.7. The molecule has 1 saturated heterocycles. The van der Waals surface area contributed by atoms with Crippen LogP contribution in [0.3, 0.4) is 0 Å². The summed E-state index contributed by atoms with van der Waals surface area (Å²) in [5.74, 6) is 0.438.